The number of amides is 2. The van der Waals surface area contributed by atoms with Crippen LogP contribution in [0.15, 0.2) is 54.7 Å². The van der Waals surface area contributed by atoms with Gasteiger partial charge in [-0.05, 0) is 49.4 Å². The van der Waals surface area contributed by atoms with E-state index in [1.807, 2.05) is 23.2 Å². The van der Waals surface area contributed by atoms with Crippen LogP contribution >= 0.6 is 0 Å². The molecular formula is C27H32N8O. The first-order chi connectivity index (χ1) is 17.6. The molecule has 4 heterocycles. The molecule has 1 atom stereocenters. The number of likely N-dealkylation sites (N-methyl/N-ethyl adjacent to an activating group) is 1. The number of anilines is 5. The molecule has 1 saturated heterocycles. The van der Waals surface area contributed by atoms with E-state index in [2.05, 4.69) is 68.9 Å². The summed E-state index contributed by atoms with van der Waals surface area (Å²) in [6.07, 6.45) is 2.71. The largest absolute Gasteiger partial charge is 0.385 e. The summed E-state index contributed by atoms with van der Waals surface area (Å²) in [7, 11) is 3.96. The number of rotatable bonds is 4. The zero-order valence-electron chi connectivity index (χ0n) is 20.8. The smallest absolute Gasteiger partial charge is 0.326 e. The van der Waals surface area contributed by atoms with Crippen LogP contribution in [0.1, 0.15) is 23.6 Å². The Kier molecular flexibility index (Phi) is 5.85. The van der Waals surface area contributed by atoms with Crippen molar-refractivity contribution in [2.24, 2.45) is 0 Å². The molecule has 9 nitrogen and oxygen atoms in total. The topological polar surface area (TPSA) is 79.9 Å². The molecule has 0 aliphatic carbocycles. The van der Waals surface area contributed by atoms with Gasteiger partial charge in [0.05, 0.1) is 12.6 Å². The quantitative estimate of drug-likeness (QED) is 0.581. The number of hydrogen-bond donors (Lipinski definition) is 2. The van der Waals surface area contributed by atoms with Gasteiger partial charge in [0.2, 0.25) is 5.95 Å². The van der Waals surface area contributed by atoms with E-state index in [0.717, 1.165) is 61.6 Å². The minimum atomic E-state index is -0.0367. The first-order valence-electron chi connectivity index (χ1n) is 12.6. The Morgan fingerprint density at radius 1 is 1.00 bits per heavy atom. The summed E-state index contributed by atoms with van der Waals surface area (Å²) in [5.74, 6) is 1.14. The van der Waals surface area contributed by atoms with E-state index in [1.165, 1.54) is 5.69 Å². The molecule has 0 saturated carbocycles. The van der Waals surface area contributed by atoms with Gasteiger partial charge in [-0.25, -0.2) is 9.78 Å². The van der Waals surface area contributed by atoms with Crippen LogP contribution in [0.25, 0.3) is 0 Å². The molecule has 1 aromatic heterocycles. The van der Waals surface area contributed by atoms with Crippen LogP contribution in [0.3, 0.4) is 0 Å². The SMILES string of the molecule is CN1CCN(c2ccc(Nc3ncc4c(n3)N(C)C(=O)N([C@@H]3CCNc5ccccc53)C4)cc2)CC1. The molecule has 1 fully saturated rings. The average Bonchev–Trinajstić information content (AvgIpc) is 2.92. The van der Waals surface area contributed by atoms with Gasteiger partial charge in [0.1, 0.15) is 5.82 Å². The minimum Gasteiger partial charge on any atom is -0.385 e. The van der Waals surface area contributed by atoms with Crippen molar-refractivity contribution < 1.29 is 4.79 Å². The maximum atomic E-state index is 13.4. The fraction of sp³-hybridized carbons (Fsp3) is 0.370. The molecule has 0 radical (unpaired) electrons. The number of nitrogens with one attached hydrogen (secondary N) is 2. The zero-order valence-corrected chi connectivity index (χ0v) is 20.8. The lowest BCUT2D eigenvalue weighted by molar-refractivity contribution is 0.170. The molecule has 0 spiro atoms. The maximum absolute atomic E-state index is 13.4. The van der Waals surface area contributed by atoms with Crippen LogP contribution in [0, 0.1) is 0 Å². The van der Waals surface area contributed by atoms with Crippen molar-refractivity contribution in [3.63, 3.8) is 0 Å². The highest BCUT2D eigenvalue weighted by molar-refractivity contribution is 5.93. The lowest BCUT2D eigenvalue weighted by atomic mass is 9.95. The fourth-order valence-electron chi connectivity index (χ4n) is 5.36. The van der Waals surface area contributed by atoms with Gasteiger partial charge in [0.15, 0.2) is 0 Å². The number of carbonyl (C=O) groups excluding carboxylic acids is 1. The molecule has 9 heteroatoms. The normalized spacial score (nSPS) is 20.0. The Bertz CT molecular complexity index is 1250. The molecule has 3 aromatic rings. The van der Waals surface area contributed by atoms with Gasteiger partial charge in [0.25, 0.3) is 0 Å². The Morgan fingerprint density at radius 3 is 2.58 bits per heavy atom. The number of para-hydroxylation sites is 1. The van der Waals surface area contributed by atoms with Crippen molar-refractivity contribution in [1.29, 1.82) is 0 Å². The van der Waals surface area contributed by atoms with E-state index >= 15 is 0 Å². The van der Waals surface area contributed by atoms with Gasteiger partial charge in [0, 0.05) is 68.6 Å². The van der Waals surface area contributed by atoms with Gasteiger partial charge in [-0.3, -0.25) is 4.90 Å². The molecule has 186 valence electrons. The number of nitrogens with zero attached hydrogens (tertiary/aromatic N) is 6. The first-order valence-corrected chi connectivity index (χ1v) is 12.6. The van der Waals surface area contributed by atoms with Crippen LogP contribution in [0.5, 0.6) is 0 Å². The molecule has 2 amide bonds. The molecule has 0 bridgehead atoms. The van der Waals surface area contributed by atoms with Crippen molar-refractivity contribution in [3.8, 4) is 0 Å². The van der Waals surface area contributed by atoms with Crippen LogP contribution < -0.4 is 20.4 Å². The summed E-state index contributed by atoms with van der Waals surface area (Å²) >= 11 is 0. The second-order valence-corrected chi connectivity index (χ2v) is 9.79. The van der Waals surface area contributed by atoms with E-state index in [0.29, 0.717) is 18.3 Å². The predicted molar refractivity (Wildman–Crippen MR) is 143 cm³/mol. The van der Waals surface area contributed by atoms with Crippen LogP contribution in [-0.2, 0) is 6.54 Å². The maximum Gasteiger partial charge on any atom is 0.326 e. The monoisotopic (exact) mass is 484 g/mol. The predicted octanol–water partition coefficient (Wildman–Crippen LogP) is 3.90. The fourth-order valence-corrected chi connectivity index (χ4v) is 5.36. The third-order valence-electron chi connectivity index (χ3n) is 7.45. The first kappa shape index (κ1) is 22.6. The van der Waals surface area contributed by atoms with E-state index in [4.69, 9.17) is 4.98 Å². The number of piperazine rings is 1. The van der Waals surface area contributed by atoms with Gasteiger partial charge < -0.3 is 25.3 Å². The molecule has 3 aliphatic rings. The Labute approximate surface area is 211 Å². The van der Waals surface area contributed by atoms with Crippen LogP contribution in [0.4, 0.5) is 33.6 Å². The highest BCUT2D eigenvalue weighted by atomic mass is 16.2. The van der Waals surface area contributed by atoms with Crippen molar-refractivity contribution in [3.05, 3.63) is 65.9 Å². The van der Waals surface area contributed by atoms with Gasteiger partial charge >= 0.3 is 6.03 Å². The lowest BCUT2D eigenvalue weighted by Gasteiger charge is -2.41. The van der Waals surface area contributed by atoms with Crippen molar-refractivity contribution in [2.45, 2.75) is 19.0 Å². The van der Waals surface area contributed by atoms with E-state index in [-0.39, 0.29) is 12.1 Å². The molecule has 6 rings (SSSR count). The summed E-state index contributed by atoms with van der Waals surface area (Å²) in [6.45, 7) is 5.58. The summed E-state index contributed by atoms with van der Waals surface area (Å²) < 4.78 is 0. The number of aromatic nitrogens is 2. The van der Waals surface area contributed by atoms with Gasteiger partial charge in [-0.1, -0.05) is 18.2 Å². The molecular weight excluding hydrogens is 452 g/mol. The third kappa shape index (κ3) is 4.19. The average molecular weight is 485 g/mol. The van der Waals surface area contributed by atoms with Crippen molar-refractivity contribution in [2.75, 3.05) is 67.3 Å². The van der Waals surface area contributed by atoms with Gasteiger partial charge in [-0.15, -0.1) is 0 Å². The Morgan fingerprint density at radius 2 is 1.78 bits per heavy atom. The van der Waals surface area contributed by atoms with E-state index in [1.54, 1.807) is 11.9 Å². The Hall–Kier alpha value is -3.85. The highest BCUT2D eigenvalue weighted by Gasteiger charge is 2.36. The molecule has 2 aromatic carbocycles. The number of carbonyl (C=O) groups is 1. The zero-order chi connectivity index (χ0) is 24.6. The molecule has 3 aliphatic heterocycles. The molecule has 0 unspecified atom stereocenters. The second kappa shape index (κ2) is 9.31. The summed E-state index contributed by atoms with van der Waals surface area (Å²) in [4.78, 5) is 31.1. The summed E-state index contributed by atoms with van der Waals surface area (Å²) in [6, 6.07) is 16.6. The number of urea groups is 1. The highest BCUT2D eigenvalue weighted by Crippen LogP contribution is 2.38. The van der Waals surface area contributed by atoms with E-state index < -0.39 is 0 Å². The van der Waals surface area contributed by atoms with Crippen LogP contribution in [0.2, 0.25) is 0 Å². The van der Waals surface area contributed by atoms with Gasteiger partial charge in [-0.2, -0.15) is 4.98 Å². The number of benzene rings is 2. The standard InChI is InChI=1S/C27H32N8O/c1-32-13-15-34(16-14-32)21-9-7-20(8-10-21)30-26-29-17-19-18-35(27(36)33(2)25(19)31-26)24-11-12-28-23-6-4-3-5-22(23)24/h3-10,17,24,28H,11-16,18H2,1-2H3,(H,29,30,31)/t24-/m1/s1. The molecule has 2 N–H and O–H groups in total. The number of fused-ring (bicyclic) bond motifs is 2. The lowest BCUT2D eigenvalue weighted by Crippen LogP contribution is -2.48. The number of hydrogen-bond acceptors (Lipinski definition) is 7. The minimum absolute atomic E-state index is 0.0298. The Balaban J connectivity index is 1.18. The summed E-state index contributed by atoms with van der Waals surface area (Å²) in [5, 5.41) is 6.75. The van der Waals surface area contributed by atoms with E-state index in [9.17, 15) is 4.79 Å². The third-order valence-corrected chi connectivity index (χ3v) is 7.45. The molecule has 36 heavy (non-hydrogen) atoms. The second-order valence-electron chi connectivity index (χ2n) is 9.79. The van der Waals surface area contributed by atoms with Crippen molar-refractivity contribution >= 4 is 34.9 Å². The summed E-state index contributed by atoms with van der Waals surface area (Å²) in [5.41, 5.74) is 5.36. The van der Waals surface area contributed by atoms with Crippen molar-refractivity contribution in [1.82, 2.24) is 19.8 Å². The van der Waals surface area contributed by atoms with Crippen LogP contribution in [-0.4, -0.2) is 72.6 Å².